The fourth-order valence-electron chi connectivity index (χ4n) is 8.77. The molecule has 1 aliphatic rings. The van der Waals surface area contributed by atoms with Crippen molar-refractivity contribution in [3.05, 3.63) is 199 Å². The number of nitrogens with zero attached hydrogens (tertiary/aromatic N) is 1. The summed E-state index contributed by atoms with van der Waals surface area (Å²) in [4.78, 5) is 2.53. The molecule has 0 saturated carbocycles. The van der Waals surface area contributed by atoms with Crippen LogP contribution in [0.5, 0.6) is 0 Å². The van der Waals surface area contributed by atoms with Crippen molar-refractivity contribution in [2.45, 2.75) is 26.2 Å². The molecule has 0 aliphatic heterocycles. The van der Waals surface area contributed by atoms with Gasteiger partial charge in [-0.3, -0.25) is 0 Å². The molecule has 10 rings (SSSR count). The molecule has 0 unspecified atom stereocenters. The minimum Gasteiger partial charge on any atom is -0.310 e. The maximum atomic E-state index is 2.53. The van der Waals surface area contributed by atoms with Gasteiger partial charge >= 0.3 is 0 Å². The van der Waals surface area contributed by atoms with Crippen molar-refractivity contribution in [1.29, 1.82) is 0 Å². The van der Waals surface area contributed by atoms with Gasteiger partial charge in [-0.15, -0.1) is 0 Å². The van der Waals surface area contributed by atoms with Crippen molar-refractivity contribution in [3.8, 4) is 33.4 Å². The quantitative estimate of drug-likeness (QED) is 0.175. The summed E-state index contributed by atoms with van der Waals surface area (Å²) in [7, 11) is 0. The molecule has 9 aromatic carbocycles. The lowest BCUT2D eigenvalue weighted by atomic mass is 9.80. The highest BCUT2D eigenvalue weighted by Gasteiger charge is 2.39. The lowest BCUT2D eigenvalue weighted by molar-refractivity contribution is 0.661. The zero-order chi connectivity index (χ0) is 35.7. The second-order valence-corrected chi connectivity index (χ2v) is 15.1. The van der Waals surface area contributed by atoms with Crippen LogP contribution in [0.25, 0.3) is 65.7 Å². The first-order valence-corrected chi connectivity index (χ1v) is 18.6. The molecule has 1 heteroatoms. The van der Waals surface area contributed by atoms with Gasteiger partial charge in [0.2, 0.25) is 0 Å². The number of rotatable bonds is 5. The van der Waals surface area contributed by atoms with Crippen LogP contribution in [0.1, 0.15) is 30.5 Å². The summed E-state index contributed by atoms with van der Waals surface area (Å²) < 4.78 is 0. The maximum absolute atomic E-state index is 2.53. The molecule has 53 heavy (non-hydrogen) atoms. The molecule has 0 radical (unpaired) electrons. The highest BCUT2D eigenvalue weighted by molar-refractivity contribution is 6.07. The van der Waals surface area contributed by atoms with E-state index < -0.39 is 0 Å². The van der Waals surface area contributed by atoms with Crippen LogP contribution in [0.2, 0.25) is 0 Å². The third-order valence-corrected chi connectivity index (χ3v) is 11.5. The summed E-state index contributed by atoms with van der Waals surface area (Å²) in [5.74, 6) is 0. The second kappa shape index (κ2) is 12.1. The number of hydrogen-bond acceptors (Lipinski definition) is 1. The van der Waals surface area contributed by atoms with Crippen LogP contribution < -0.4 is 4.90 Å². The normalized spacial score (nSPS) is 13.0. The van der Waals surface area contributed by atoms with Gasteiger partial charge < -0.3 is 4.90 Å². The van der Waals surface area contributed by atoms with Crippen LogP contribution in [0, 0.1) is 6.92 Å². The number of fused-ring (bicyclic) bond motifs is 6. The van der Waals surface area contributed by atoms with E-state index >= 15 is 0 Å². The Morgan fingerprint density at radius 2 is 1.00 bits per heavy atom. The number of aryl methyl sites for hydroxylation is 1. The number of anilines is 3. The van der Waals surface area contributed by atoms with E-state index in [1.54, 1.807) is 0 Å². The van der Waals surface area contributed by atoms with Gasteiger partial charge in [-0.2, -0.15) is 0 Å². The minimum absolute atomic E-state index is 0.231. The van der Waals surface area contributed by atoms with Crippen LogP contribution in [0.3, 0.4) is 0 Å². The van der Waals surface area contributed by atoms with E-state index in [1.807, 2.05) is 0 Å². The van der Waals surface area contributed by atoms with E-state index in [4.69, 9.17) is 0 Å². The Balaban J connectivity index is 1.25. The smallest absolute Gasteiger partial charge is 0.0546 e. The van der Waals surface area contributed by atoms with Crippen LogP contribution in [0.15, 0.2) is 182 Å². The molecule has 0 atom stereocenters. The van der Waals surface area contributed by atoms with Gasteiger partial charge in [-0.25, -0.2) is 0 Å². The molecule has 0 bridgehead atoms. The Morgan fingerprint density at radius 3 is 1.74 bits per heavy atom. The van der Waals surface area contributed by atoms with E-state index in [2.05, 4.69) is 208 Å². The zero-order valence-corrected chi connectivity index (χ0v) is 30.3. The van der Waals surface area contributed by atoms with Crippen LogP contribution in [-0.4, -0.2) is 0 Å². The van der Waals surface area contributed by atoms with Gasteiger partial charge in [-0.1, -0.05) is 159 Å². The maximum Gasteiger partial charge on any atom is 0.0546 e. The fourth-order valence-corrected chi connectivity index (χ4v) is 8.77. The van der Waals surface area contributed by atoms with E-state index in [1.165, 1.54) is 88.1 Å². The largest absolute Gasteiger partial charge is 0.310 e. The molecule has 1 nitrogen and oxygen atoms in total. The minimum atomic E-state index is -0.231. The number of benzene rings is 9. The standard InChI is InChI=1S/C52H39N/c1-34-19-21-36(22-20-34)37-25-28-43(29-26-37)53(49-18-10-17-45-46-32-40-14-6-7-15-41(40)33-47(46)52(2,3)51(45)49)48-30-27-38-12-8-9-16-44(38)50(48)42-24-23-35-11-4-5-13-39(35)31-42/h4-33H,1-3H3. The summed E-state index contributed by atoms with van der Waals surface area (Å²) in [5.41, 5.74) is 14.8. The van der Waals surface area contributed by atoms with E-state index in [9.17, 15) is 0 Å². The molecule has 0 fully saturated rings. The Kier molecular flexibility index (Phi) is 7.13. The third-order valence-electron chi connectivity index (χ3n) is 11.5. The third kappa shape index (κ3) is 5.07. The molecular formula is C52H39N. The van der Waals surface area contributed by atoms with Gasteiger partial charge in [0.25, 0.3) is 0 Å². The van der Waals surface area contributed by atoms with Crippen molar-refractivity contribution in [1.82, 2.24) is 0 Å². The van der Waals surface area contributed by atoms with Gasteiger partial charge in [0, 0.05) is 16.7 Å². The topological polar surface area (TPSA) is 3.24 Å². The summed E-state index contributed by atoms with van der Waals surface area (Å²) in [6.07, 6.45) is 0. The second-order valence-electron chi connectivity index (χ2n) is 15.1. The van der Waals surface area contributed by atoms with E-state index in [0.29, 0.717) is 0 Å². The van der Waals surface area contributed by atoms with E-state index in [0.717, 1.165) is 11.4 Å². The number of hydrogen-bond donors (Lipinski definition) is 0. The lowest BCUT2D eigenvalue weighted by Gasteiger charge is -2.34. The molecule has 252 valence electrons. The predicted octanol–water partition coefficient (Wildman–Crippen LogP) is 14.6. The molecule has 0 aromatic heterocycles. The first kappa shape index (κ1) is 31.3. The van der Waals surface area contributed by atoms with E-state index in [-0.39, 0.29) is 5.41 Å². The Labute approximate surface area is 311 Å². The molecule has 0 amide bonds. The van der Waals surface area contributed by atoms with Crippen LogP contribution in [-0.2, 0) is 5.41 Å². The van der Waals surface area contributed by atoms with Crippen molar-refractivity contribution >= 4 is 49.4 Å². The SMILES string of the molecule is Cc1ccc(-c2ccc(N(c3cccc4c3C(C)(C)c3cc5ccccc5cc3-4)c3ccc4ccccc4c3-c3ccc4ccccc4c3)cc2)cc1. The van der Waals surface area contributed by atoms with Crippen LogP contribution in [0.4, 0.5) is 17.1 Å². The van der Waals surface area contributed by atoms with Gasteiger partial charge in [0.15, 0.2) is 0 Å². The van der Waals surface area contributed by atoms with Crippen molar-refractivity contribution < 1.29 is 0 Å². The highest BCUT2D eigenvalue weighted by Crippen LogP contribution is 2.56. The summed E-state index contributed by atoms with van der Waals surface area (Å²) in [6, 6.07) is 67.5. The molecule has 0 spiro atoms. The molecule has 0 heterocycles. The van der Waals surface area contributed by atoms with Crippen LogP contribution >= 0.6 is 0 Å². The average Bonchev–Trinajstić information content (AvgIpc) is 3.43. The molecule has 9 aromatic rings. The summed E-state index contributed by atoms with van der Waals surface area (Å²) >= 11 is 0. The first-order valence-electron chi connectivity index (χ1n) is 18.6. The summed E-state index contributed by atoms with van der Waals surface area (Å²) in [6.45, 7) is 6.95. The molecule has 1 aliphatic carbocycles. The first-order chi connectivity index (χ1) is 25.9. The monoisotopic (exact) mass is 677 g/mol. The highest BCUT2D eigenvalue weighted by atomic mass is 15.1. The lowest BCUT2D eigenvalue weighted by Crippen LogP contribution is -2.21. The fraction of sp³-hybridized carbons (Fsp3) is 0.0769. The van der Waals surface area contributed by atoms with Gasteiger partial charge in [0.05, 0.1) is 11.4 Å². The zero-order valence-electron chi connectivity index (χ0n) is 30.3. The van der Waals surface area contributed by atoms with Crippen molar-refractivity contribution in [2.24, 2.45) is 0 Å². The Hall–Kier alpha value is -6.44. The Morgan fingerprint density at radius 1 is 0.415 bits per heavy atom. The molecule has 0 saturated heterocycles. The van der Waals surface area contributed by atoms with Gasteiger partial charge in [-0.05, 0) is 121 Å². The van der Waals surface area contributed by atoms with Crippen molar-refractivity contribution in [3.63, 3.8) is 0 Å². The molecular weight excluding hydrogens is 639 g/mol. The average molecular weight is 678 g/mol. The van der Waals surface area contributed by atoms with Gasteiger partial charge in [0.1, 0.15) is 0 Å². The predicted molar refractivity (Wildman–Crippen MR) is 227 cm³/mol. The Bertz CT molecular complexity index is 2860. The summed E-state index contributed by atoms with van der Waals surface area (Å²) in [5, 5.41) is 7.51. The molecule has 0 N–H and O–H groups in total. The van der Waals surface area contributed by atoms with Crippen molar-refractivity contribution in [2.75, 3.05) is 4.90 Å².